The molecule has 2 N–H and O–H groups in total. The molecule has 0 aliphatic heterocycles. The van der Waals surface area contributed by atoms with Crippen molar-refractivity contribution in [3.8, 4) is 0 Å². The lowest BCUT2D eigenvalue weighted by Gasteiger charge is -2.09. The molecular weight excluding hydrogens is 352 g/mol. The van der Waals surface area contributed by atoms with Crippen LogP contribution in [0.2, 0.25) is 5.02 Å². The maximum absolute atomic E-state index is 12.3. The molecule has 0 unspecified atom stereocenters. The molecule has 1 aromatic heterocycles. The number of halogens is 2. The second-order valence-electron chi connectivity index (χ2n) is 3.89. The average molecular weight is 362 g/mol. The number of rotatable bonds is 3. The van der Waals surface area contributed by atoms with Gasteiger partial charge in [-0.15, -0.1) is 0 Å². The van der Waals surface area contributed by atoms with Gasteiger partial charge in [-0.1, -0.05) is 17.7 Å². The Morgan fingerprint density at radius 2 is 2.00 bits per heavy atom. The molecule has 0 amide bonds. The number of aromatic nitrogens is 1. The summed E-state index contributed by atoms with van der Waals surface area (Å²) in [7, 11) is -3.62. The highest BCUT2D eigenvalue weighted by molar-refractivity contribution is 9.10. The van der Waals surface area contributed by atoms with Crippen LogP contribution < -0.4 is 5.73 Å². The van der Waals surface area contributed by atoms with Crippen molar-refractivity contribution in [3.05, 3.63) is 51.7 Å². The van der Waals surface area contributed by atoms with Gasteiger partial charge in [0.15, 0.2) is 9.84 Å². The van der Waals surface area contributed by atoms with Crippen molar-refractivity contribution in [2.24, 2.45) is 0 Å². The lowest BCUT2D eigenvalue weighted by atomic mass is 10.3. The van der Waals surface area contributed by atoms with Crippen LogP contribution in [-0.4, -0.2) is 13.4 Å². The molecule has 0 fully saturated rings. The van der Waals surface area contributed by atoms with Crippen LogP contribution in [0.5, 0.6) is 0 Å². The highest BCUT2D eigenvalue weighted by Crippen LogP contribution is 2.29. The molecule has 0 aliphatic carbocycles. The van der Waals surface area contributed by atoms with Gasteiger partial charge in [-0.3, -0.25) is 4.98 Å². The first-order valence-electron chi connectivity index (χ1n) is 5.27. The number of hydrogen-bond acceptors (Lipinski definition) is 4. The standard InChI is InChI=1S/C12H10BrClN2O2S/c13-8-4-5-9(16-6-8)7-19(17,18)12-10(14)2-1-3-11(12)15/h1-6H,7,15H2. The fourth-order valence-corrected chi connectivity index (χ4v) is 3.88. The Morgan fingerprint density at radius 1 is 1.26 bits per heavy atom. The topological polar surface area (TPSA) is 73.1 Å². The third kappa shape index (κ3) is 3.26. The molecule has 1 heterocycles. The lowest BCUT2D eigenvalue weighted by molar-refractivity contribution is 0.595. The van der Waals surface area contributed by atoms with Crippen LogP contribution in [0.1, 0.15) is 5.69 Å². The van der Waals surface area contributed by atoms with Gasteiger partial charge in [-0.2, -0.15) is 0 Å². The Labute approximate surface area is 124 Å². The molecule has 0 saturated heterocycles. The van der Waals surface area contributed by atoms with Crippen LogP contribution in [0.3, 0.4) is 0 Å². The molecular formula is C12H10BrClN2O2S. The number of nitrogens with zero attached hydrogens (tertiary/aromatic N) is 1. The largest absolute Gasteiger partial charge is 0.398 e. The van der Waals surface area contributed by atoms with Gasteiger partial charge in [0.05, 0.1) is 22.2 Å². The summed E-state index contributed by atoms with van der Waals surface area (Å²) >= 11 is 9.16. The van der Waals surface area contributed by atoms with E-state index in [4.69, 9.17) is 17.3 Å². The Hall–Kier alpha value is -1.11. The van der Waals surface area contributed by atoms with Gasteiger partial charge in [-0.05, 0) is 40.2 Å². The summed E-state index contributed by atoms with van der Waals surface area (Å²) in [5, 5.41) is 0.122. The first kappa shape index (κ1) is 14.3. The molecule has 2 aromatic rings. The van der Waals surface area contributed by atoms with Crippen LogP contribution in [0.4, 0.5) is 5.69 Å². The maximum atomic E-state index is 12.3. The molecule has 100 valence electrons. The van der Waals surface area contributed by atoms with Crippen molar-refractivity contribution >= 4 is 43.1 Å². The molecule has 0 atom stereocenters. The van der Waals surface area contributed by atoms with Gasteiger partial charge in [0.25, 0.3) is 0 Å². The van der Waals surface area contributed by atoms with E-state index >= 15 is 0 Å². The minimum Gasteiger partial charge on any atom is -0.398 e. The first-order valence-corrected chi connectivity index (χ1v) is 8.09. The second kappa shape index (κ2) is 5.48. The van der Waals surface area contributed by atoms with Gasteiger partial charge >= 0.3 is 0 Å². The Balaban J connectivity index is 2.41. The number of anilines is 1. The predicted octanol–water partition coefficient (Wildman–Crippen LogP) is 3.05. The summed E-state index contributed by atoms with van der Waals surface area (Å²) < 4.78 is 25.4. The average Bonchev–Trinajstić information content (AvgIpc) is 2.31. The quantitative estimate of drug-likeness (QED) is 0.853. The molecule has 2 rings (SSSR count). The van der Waals surface area contributed by atoms with Crippen LogP contribution in [-0.2, 0) is 15.6 Å². The number of nitrogen functional groups attached to an aromatic ring is 1. The van der Waals surface area contributed by atoms with Gasteiger partial charge in [0.2, 0.25) is 0 Å². The van der Waals surface area contributed by atoms with Crippen molar-refractivity contribution in [2.75, 3.05) is 5.73 Å². The van der Waals surface area contributed by atoms with E-state index in [-0.39, 0.29) is 21.4 Å². The summed E-state index contributed by atoms with van der Waals surface area (Å²) in [5.41, 5.74) is 6.27. The van der Waals surface area contributed by atoms with E-state index in [9.17, 15) is 8.42 Å². The van der Waals surface area contributed by atoms with E-state index in [1.807, 2.05) is 0 Å². The molecule has 4 nitrogen and oxygen atoms in total. The predicted molar refractivity (Wildman–Crippen MR) is 78.7 cm³/mol. The van der Waals surface area contributed by atoms with E-state index in [0.717, 1.165) is 4.47 Å². The Morgan fingerprint density at radius 3 is 2.58 bits per heavy atom. The molecule has 7 heteroatoms. The number of benzene rings is 1. The number of sulfone groups is 1. The highest BCUT2D eigenvalue weighted by Gasteiger charge is 2.22. The Bertz CT molecular complexity index is 682. The van der Waals surface area contributed by atoms with Gasteiger partial charge in [-0.25, -0.2) is 8.42 Å². The normalized spacial score (nSPS) is 11.5. The SMILES string of the molecule is Nc1cccc(Cl)c1S(=O)(=O)Cc1ccc(Br)cn1. The number of pyridine rings is 1. The van der Waals surface area contributed by atoms with Crippen LogP contribution in [0.15, 0.2) is 45.9 Å². The van der Waals surface area contributed by atoms with E-state index < -0.39 is 9.84 Å². The van der Waals surface area contributed by atoms with Gasteiger partial charge in [0.1, 0.15) is 4.90 Å². The zero-order chi connectivity index (χ0) is 14.0. The van der Waals surface area contributed by atoms with E-state index in [1.165, 1.54) is 12.1 Å². The molecule has 0 spiro atoms. The van der Waals surface area contributed by atoms with E-state index in [2.05, 4.69) is 20.9 Å². The third-order valence-corrected chi connectivity index (χ3v) is 5.08. The minimum absolute atomic E-state index is 0.0404. The summed E-state index contributed by atoms with van der Waals surface area (Å²) in [5.74, 6) is -0.242. The fraction of sp³-hybridized carbons (Fsp3) is 0.0833. The molecule has 0 radical (unpaired) electrons. The zero-order valence-electron chi connectivity index (χ0n) is 9.68. The van der Waals surface area contributed by atoms with E-state index in [1.54, 1.807) is 24.4 Å². The zero-order valence-corrected chi connectivity index (χ0v) is 12.8. The molecule has 0 saturated carbocycles. The molecule has 1 aromatic carbocycles. The van der Waals surface area contributed by atoms with Crippen molar-refractivity contribution in [2.45, 2.75) is 10.6 Å². The van der Waals surface area contributed by atoms with Crippen molar-refractivity contribution in [3.63, 3.8) is 0 Å². The van der Waals surface area contributed by atoms with Crippen molar-refractivity contribution in [1.82, 2.24) is 4.98 Å². The molecule has 19 heavy (non-hydrogen) atoms. The number of nitrogens with two attached hydrogens (primary N) is 1. The smallest absolute Gasteiger partial charge is 0.187 e. The van der Waals surface area contributed by atoms with Gasteiger partial charge < -0.3 is 5.73 Å². The maximum Gasteiger partial charge on any atom is 0.187 e. The van der Waals surface area contributed by atoms with Crippen molar-refractivity contribution < 1.29 is 8.42 Å². The van der Waals surface area contributed by atoms with E-state index in [0.29, 0.717) is 5.69 Å². The molecule has 0 aliphatic rings. The second-order valence-corrected chi connectivity index (χ2v) is 7.13. The van der Waals surface area contributed by atoms with Crippen molar-refractivity contribution in [1.29, 1.82) is 0 Å². The first-order chi connectivity index (χ1) is 8.90. The van der Waals surface area contributed by atoms with Crippen LogP contribution in [0.25, 0.3) is 0 Å². The van der Waals surface area contributed by atoms with Crippen LogP contribution >= 0.6 is 27.5 Å². The summed E-state index contributed by atoms with van der Waals surface area (Å²) in [6.45, 7) is 0. The molecule has 0 bridgehead atoms. The summed E-state index contributed by atoms with van der Waals surface area (Å²) in [6.07, 6.45) is 1.54. The third-order valence-electron chi connectivity index (χ3n) is 2.43. The van der Waals surface area contributed by atoms with Gasteiger partial charge in [0, 0.05) is 10.7 Å². The number of hydrogen-bond donors (Lipinski definition) is 1. The minimum atomic E-state index is -3.62. The fourth-order valence-electron chi connectivity index (χ4n) is 1.61. The monoisotopic (exact) mass is 360 g/mol. The lowest BCUT2D eigenvalue weighted by Crippen LogP contribution is -2.09. The Kier molecular flexibility index (Phi) is 4.13. The summed E-state index contributed by atoms with van der Waals surface area (Å²) in [6, 6.07) is 7.98. The van der Waals surface area contributed by atoms with Crippen LogP contribution in [0, 0.1) is 0 Å². The highest BCUT2D eigenvalue weighted by atomic mass is 79.9. The summed E-state index contributed by atoms with van der Waals surface area (Å²) in [4.78, 5) is 4.00.